The van der Waals surface area contributed by atoms with Crippen LogP contribution in [0.4, 0.5) is 0 Å². The first-order valence-corrected chi connectivity index (χ1v) is 10.0. The molecular formula is C19H22N4O3S. The van der Waals surface area contributed by atoms with Crippen LogP contribution in [0.3, 0.4) is 0 Å². The number of amides is 2. The number of thiazole rings is 1. The number of rotatable bonds is 6. The summed E-state index contributed by atoms with van der Waals surface area (Å²) in [7, 11) is 0. The molecule has 1 saturated carbocycles. The maximum atomic E-state index is 12.8. The van der Waals surface area contributed by atoms with Crippen molar-refractivity contribution in [2.45, 2.75) is 25.5 Å². The van der Waals surface area contributed by atoms with Gasteiger partial charge in [0.05, 0.1) is 17.8 Å². The summed E-state index contributed by atoms with van der Waals surface area (Å²) in [5.41, 5.74) is 2.59. The van der Waals surface area contributed by atoms with Gasteiger partial charge in [0.1, 0.15) is 11.4 Å². The Bertz CT molecular complexity index is 780. The standard InChI is InChI=1S/C19H22N4O3S/c24-18-11-23(19(25)17-7-21-13-27-17)10-16(26-12-14-3-4-14)9-22(18)8-15-2-1-5-20-6-15/h1-2,5-7,13-14,16H,3-4,8-12H2/t16-/m1/s1. The lowest BCUT2D eigenvalue weighted by atomic mass is 10.2. The van der Waals surface area contributed by atoms with Crippen LogP contribution in [0.25, 0.3) is 0 Å². The van der Waals surface area contributed by atoms with E-state index in [9.17, 15) is 9.59 Å². The lowest BCUT2D eigenvalue weighted by Crippen LogP contribution is -2.39. The molecule has 2 amide bonds. The highest BCUT2D eigenvalue weighted by molar-refractivity contribution is 7.11. The average molecular weight is 386 g/mol. The van der Waals surface area contributed by atoms with E-state index in [0.29, 0.717) is 37.0 Å². The third kappa shape index (κ3) is 4.70. The highest BCUT2D eigenvalue weighted by Gasteiger charge is 2.33. The molecule has 0 radical (unpaired) electrons. The number of carbonyl (C=O) groups excluding carboxylic acids is 2. The molecule has 4 rings (SSSR count). The Morgan fingerprint density at radius 1 is 1.26 bits per heavy atom. The molecule has 2 aromatic heterocycles. The van der Waals surface area contributed by atoms with Crippen LogP contribution in [0.2, 0.25) is 0 Å². The Morgan fingerprint density at radius 3 is 2.85 bits per heavy atom. The van der Waals surface area contributed by atoms with Crippen LogP contribution in [-0.2, 0) is 16.1 Å². The van der Waals surface area contributed by atoms with Gasteiger partial charge in [-0.05, 0) is 30.4 Å². The summed E-state index contributed by atoms with van der Waals surface area (Å²) in [5, 5.41) is 0. The van der Waals surface area contributed by atoms with Crippen LogP contribution in [0.1, 0.15) is 28.1 Å². The fourth-order valence-electron chi connectivity index (χ4n) is 3.14. The Morgan fingerprint density at radius 2 is 2.15 bits per heavy atom. The molecule has 1 saturated heterocycles. The zero-order chi connectivity index (χ0) is 18.6. The van der Waals surface area contributed by atoms with E-state index in [0.717, 1.165) is 5.56 Å². The third-order valence-corrected chi connectivity index (χ3v) is 5.58. The number of nitrogens with zero attached hydrogens (tertiary/aromatic N) is 4. The van der Waals surface area contributed by atoms with Gasteiger partial charge < -0.3 is 14.5 Å². The summed E-state index contributed by atoms with van der Waals surface area (Å²) < 4.78 is 6.09. The van der Waals surface area contributed by atoms with Gasteiger partial charge in [-0.15, -0.1) is 11.3 Å². The van der Waals surface area contributed by atoms with Crippen LogP contribution in [-0.4, -0.2) is 63.9 Å². The molecule has 0 bridgehead atoms. The van der Waals surface area contributed by atoms with E-state index in [1.54, 1.807) is 33.9 Å². The molecule has 1 atom stereocenters. The van der Waals surface area contributed by atoms with Crippen LogP contribution in [0, 0.1) is 5.92 Å². The summed E-state index contributed by atoms with van der Waals surface area (Å²) in [6.45, 7) is 2.12. The van der Waals surface area contributed by atoms with Crippen LogP contribution >= 0.6 is 11.3 Å². The van der Waals surface area contributed by atoms with E-state index in [-0.39, 0.29) is 24.5 Å². The Labute approximate surface area is 162 Å². The summed E-state index contributed by atoms with van der Waals surface area (Å²) in [4.78, 5) is 37.6. The number of aromatic nitrogens is 2. The Balaban J connectivity index is 1.50. The minimum absolute atomic E-state index is 0.0558. The molecular weight excluding hydrogens is 364 g/mol. The van der Waals surface area contributed by atoms with Gasteiger partial charge in [0, 0.05) is 38.6 Å². The number of hydrogen-bond acceptors (Lipinski definition) is 6. The maximum absolute atomic E-state index is 12.8. The number of carbonyl (C=O) groups is 2. The predicted octanol–water partition coefficient (Wildman–Crippen LogP) is 1.82. The van der Waals surface area contributed by atoms with Gasteiger partial charge in [-0.3, -0.25) is 19.6 Å². The van der Waals surface area contributed by atoms with Gasteiger partial charge in [-0.1, -0.05) is 6.07 Å². The van der Waals surface area contributed by atoms with Crippen molar-refractivity contribution in [1.82, 2.24) is 19.8 Å². The third-order valence-electron chi connectivity index (χ3n) is 4.82. The summed E-state index contributed by atoms with van der Waals surface area (Å²) in [5.74, 6) is 0.393. The van der Waals surface area contributed by atoms with E-state index >= 15 is 0 Å². The van der Waals surface area contributed by atoms with Crippen molar-refractivity contribution in [3.05, 3.63) is 46.7 Å². The Hall–Kier alpha value is -2.32. The average Bonchev–Trinajstić information content (AvgIpc) is 3.38. The number of pyridine rings is 1. The fourth-order valence-corrected chi connectivity index (χ4v) is 3.72. The smallest absolute Gasteiger partial charge is 0.266 e. The lowest BCUT2D eigenvalue weighted by molar-refractivity contribution is -0.132. The van der Waals surface area contributed by atoms with Crippen molar-refractivity contribution in [3.63, 3.8) is 0 Å². The lowest BCUT2D eigenvalue weighted by Gasteiger charge is -2.24. The fraction of sp³-hybridized carbons (Fsp3) is 0.474. The van der Waals surface area contributed by atoms with Gasteiger partial charge in [-0.25, -0.2) is 0 Å². The highest BCUT2D eigenvalue weighted by Crippen LogP contribution is 2.29. The van der Waals surface area contributed by atoms with Gasteiger partial charge in [0.2, 0.25) is 5.91 Å². The molecule has 2 aromatic rings. The SMILES string of the molecule is O=C1CN(C(=O)c2cncs2)C[C@H](OCC2CC2)CN1Cc1cccnc1. The van der Waals surface area contributed by atoms with Crippen LogP contribution in [0.5, 0.6) is 0 Å². The molecule has 0 aromatic carbocycles. The van der Waals surface area contributed by atoms with Gasteiger partial charge in [-0.2, -0.15) is 0 Å². The Kier molecular flexibility index (Phi) is 5.45. The highest BCUT2D eigenvalue weighted by atomic mass is 32.1. The second-order valence-electron chi connectivity index (χ2n) is 7.09. The largest absolute Gasteiger partial charge is 0.374 e. The molecule has 27 heavy (non-hydrogen) atoms. The molecule has 7 nitrogen and oxygen atoms in total. The normalized spacial score (nSPS) is 20.6. The summed E-state index contributed by atoms with van der Waals surface area (Å²) in [6.07, 6.45) is 7.24. The van der Waals surface area contributed by atoms with Crippen molar-refractivity contribution in [2.24, 2.45) is 5.92 Å². The molecule has 0 unspecified atom stereocenters. The van der Waals surface area contributed by atoms with Crippen molar-refractivity contribution < 1.29 is 14.3 Å². The van der Waals surface area contributed by atoms with E-state index in [1.807, 2.05) is 12.1 Å². The van der Waals surface area contributed by atoms with Gasteiger partial charge >= 0.3 is 0 Å². The molecule has 2 fully saturated rings. The van der Waals surface area contributed by atoms with Gasteiger partial charge in [0.15, 0.2) is 0 Å². The molecule has 3 heterocycles. The second-order valence-corrected chi connectivity index (χ2v) is 7.97. The monoisotopic (exact) mass is 386 g/mol. The molecule has 1 aliphatic carbocycles. The second kappa shape index (κ2) is 8.14. The van der Waals surface area contributed by atoms with Crippen molar-refractivity contribution >= 4 is 23.2 Å². The molecule has 1 aliphatic heterocycles. The first kappa shape index (κ1) is 18.1. The summed E-state index contributed by atoms with van der Waals surface area (Å²) >= 11 is 1.29. The topological polar surface area (TPSA) is 75.6 Å². The molecule has 8 heteroatoms. The van der Waals surface area contributed by atoms with Crippen LogP contribution < -0.4 is 0 Å². The van der Waals surface area contributed by atoms with Gasteiger partial charge in [0.25, 0.3) is 5.91 Å². The zero-order valence-electron chi connectivity index (χ0n) is 15.0. The first-order valence-electron chi connectivity index (χ1n) is 9.15. The number of ether oxygens (including phenoxy) is 1. The van der Waals surface area contributed by atoms with Crippen molar-refractivity contribution in [3.8, 4) is 0 Å². The molecule has 0 spiro atoms. The van der Waals surface area contributed by atoms with Crippen molar-refractivity contribution in [1.29, 1.82) is 0 Å². The van der Waals surface area contributed by atoms with Crippen LogP contribution in [0.15, 0.2) is 36.2 Å². The minimum Gasteiger partial charge on any atom is -0.374 e. The quantitative estimate of drug-likeness (QED) is 0.757. The first-order chi connectivity index (χ1) is 13.2. The zero-order valence-corrected chi connectivity index (χ0v) is 15.8. The molecule has 142 valence electrons. The minimum atomic E-state index is -0.189. The van der Waals surface area contributed by atoms with E-state index in [4.69, 9.17) is 4.74 Å². The molecule has 0 N–H and O–H groups in total. The maximum Gasteiger partial charge on any atom is 0.266 e. The summed E-state index contributed by atoms with van der Waals surface area (Å²) in [6, 6.07) is 3.81. The van der Waals surface area contributed by atoms with E-state index < -0.39 is 0 Å². The van der Waals surface area contributed by atoms with E-state index in [1.165, 1.54) is 24.2 Å². The molecule has 2 aliphatic rings. The number of hydrogen-bond donors (Lipinski definition) is 0. The predicted molar refractivity (Wildman–Crippen MR) is 100 cm³/mol. The van der Waals surface area contributed by atoms with Crippen molar-refractivity contribution in [2.75, 3.05) is 26.2 Å². The van der Waals surface area contributed by atoms with E-state index in [2.05, 4.69) is 9.97 Å².